The Morgan fingerprint density at radius 2 is 1.83 bits per heavy atom. The smallest absolute Gasteiger partial charge is 0.248 e. The molecule has 0 unspecified atom stereocenters. The van der Waals surface area contributed by atoms with Crippen LogP contribution in [0.2, 0.25) is 0 Å². The number of rotatable bonds is 7. The van der Waals surface area contributed by atoms with E-state index < -0.39 is 0 Å². The number of H-pyrrole nitrogens is 1. The van der Waals surface area contributed by atoms with Crippen molar-refractivity contribution in [1.29, 1.82) is 0 Å². The first kappa shape index (κ1) is 16.1. The molecule has 0 spiro atoms. The van der Waals surface area contributed by atoms with Gasteiger partial charge in [-0.3, -0.25) is 5.10 Å². The van der Waals surface area contributed by atoms with Crippen LogP contribution in [0, 0.1) is 0 Å². The maximum Gasteiger partial charge on any atom is 0.248 e. The molecule has 0 atom stereocenters. The van der Waals surface area contributed by atoms with Crippen molar-refractivity contribution in [3.05, 3.63) is 24.4 Å². The van der Waals surface area contributed by atoms with Crippen LogP contribution >= 0.6 is 11.8 Å². The Labute approximate surface area is 141 Å². The quantitative estimate of drug-likeness (QED) is 0.642. The van der Waals surface area contributed by atoms with E-state index in [-0.39, 0.29) is 0 Å². The van der Waals surface area contributed by atoms with Gasteiger partial charge in [0.2, 0.25) is 17.5 Å². The van der Waals surface area contributed by atoms with Crippen molar-refractivity contribution >= 4 is 11.8 Å². The Hall–Kier alpha value is -2.75. The molecule has 0 aliphatic rings. The summed E-state index contributed by atoms with van der Waals surface area (Å²) in [4.78, 5) is 4.02. The summed E-state index contributed by atoms with van der Waals surface area (Å²) >= 11 is 1.42. The van der Waals surface area contributed by atoms with E-state index in [1.54, 1.807) is 33.5 Å². The number of methoxy groups -OCH3 is 3. The second-order valence-corrected chi connectivity index (χ2v) is 5.46. The van der Waals surface area contributed by atoms with Crippen LogP contribution in [0.1, 0.15) is 5.89 Å². The molecule has 0 bridgehead atoms. The molecule has 0 amide bonds. The second-order valence-electron chi connectivity index (χ2n) is 4.49. The summed E-state index contributed by atoms with van der Waals surface area (Å²) in [6.45, 7) is 0. The SMILES string of the molecule is COc1cc(-c2nnc(CSc3ncn[nH]3)o2)cc(OC)c1OC. The molecule has 0 aliphatic carbocycles. The first-order chi connectivity index (χ1) is 11.7. The monoisotopic (exact) mass is 349 g/mol. The predicted molar refractivity (Wildman–Crippen MR) is 85.3 cm³/mol. The van der Waals surface area contributed by atoms with Gasteiger partial charge in [-0.2, -0.15) is 5.10 Å². The Kier molecular flexibility index (Phi) is 4.85. The molecule has 0 saturated heterocycles. The number of hydrogen-bond donors (Lipinski definition) is 1. The molecule has 0 aliphatic heterocycles. The van der Waals surface area contributed by atoms with Crippen molar-refractivity contribution in [2.45, 2.75) is 10.9 Å². The number of ether oxygens (including phenoxy) is 3. The van der Waals surface area contributed by atoms with E-state index in [9.17, 15) is 0 Å². The molecule has 2 aromatic heterocycles. The van der Waals surface area contributed by atoms with Crippen molar-refractivity contribution in [2.24, 2.45) is 0 Å². The van der Waals surface area contributed by atoms with Crippen LogP contribution in [-0.4, -0.2) is 46.7 Å². The first-order valence-corrected chi connectivity index (χ1v) is 7.84. The van der Waals surface area contributed by atoms with Gasteiger partial charge in [0.15, 0.2) is 16.7 Å². The van der Waals surface area contributed by atoms with Crippen LogP contribution in [0.4, 0.5) is 0 Å². The molecule has 1 aromatic carbocycles. The number of nitrogens with one attached hydrogen (secondary N) is 1. The molecular formula is C14H15N5O4S. The molecule has 3 rings (SSSR count). The summed E-state index contributed by atoms with van der Waals surface area (Å²) in [6.07, 6.45) is 1.44. The highest BCUT2D eigenvalue weighted by molar-refractivity contribution is 7.98. The number of nitrogens with zero attached hydrogens (tertiary/aromatic N) is 4. The standard InChI is InChI=1S/C14H15N5O4S/c1-20-9-4-8(5-10(21-2)12(9)22-3)13-18-17-11(23-13)6-24-14-15-7-16-19-14/h4-5,7H,6H2,1-3H3,(H,15,16,19). The summed E-state index contributed by atoms with van der Waals surface area (Å²) in [6, 6.07) is 3.50. The number of benzene rings is 1. The molecule has 1 N–H and O–H groups in total. The predicted octanol–water partition coefficient (Wildman–Crippen LogP) is 2.17. The highest BCUT2D eigenvalue weighted by atomic mass is 32.2. The van der Waals surface area contributed by atoms with Crippen LogP contribution in [0.25, 0.3) is 11.5 Å². The van der Waals surface area contributed by atoms with E-state index in [0.717, 1.165) is 0 Å². The zero-order chi connectivity index (χ0) is 16.9. The van der Waals surface area contributed by atoms with Gasteiger partial charge in [0, 0.05) is 5.56 Å². The zero-order valence-electron chi connectivity index (χ0n) is 13.3. The fourth-order valence-corrected chi connectivity index (χ4v) is 2.64. The van der Waals surface area contributed by atoms with Gasteiger partial charge >= 0.3 is 0 Å². The first-order valence-electron chi connectivity index (χ1n) is 6.86. The average Bonchev–Trinajstić information content (AvgIpc) is 3.30. The highest BCUT2D eigenvalue weighted by Crippen LogP contribution is 2.40. The van der Waals surface area contributed by atoms with Gasteiger partial charge in [-0.05, 0) is 12.1 Å². The van der Waals surface area contributed by atoms with Crippen LogP contribution in [0.15, 0.2) is 28.0 Å². The van der Waals surface area contributed by atoms with Gasteiger partial charge in [0.25, 0.3) is 0 Å². The molecule has 126 valence electrons. The zero-order valence-corrected chi connectivity index (χ0v) is 14.1. The van der Waals surface area contributed by atoms with Gasteiger partial charge in [-0.25, -0.2) is 4.98 Å². The molecular weight excluding hydrogens is 334 g/mol. The summed E-state index contributed by atoms with van der Waals surface area (Å²) in [5, 5.41) is 15.3. The van der Waals surface area contributed by atoms with Crippen molar-refractivity contribution in [3.8, 4) is 28.7 Å². The van der Waals surface area contributed by atoms with E-state index in [2.05, 4.69) is 25.4 Å². The Bertz CT molecular complexity index is 780. The van der Waals surface area contributed by atoms with Crippen LogP contribution in [0.5, 0.6) is 17.2 Å². The minimum absolute atomic E-state index is 0.363. The van der Waals surface area contributed by atoms with Crippen molar-refractivity contribution < 1.29 is 18.6 Å². The van der Waals surface area contributed by atoms with Gasteiger partial charge in [-0.1, -0.05) is 11.8 Å². The molecule has 9 nitrogen and oxygen atoms in total. The third-order valence-corrected chi connectivity index (χ3v) is 3.97. The van der Waals surface area contributed by atoms with E-state index in [1.165, 1.54) is 18.1 Å². The minimum Gasteiger partial charge on any atom is -0.493 e. The van der Waals surface area contributed by atoms with Gasteiger partial charge in [0.05, 0.1) is 27.1 Å². The number of aromatic nitrogens is 5. The molecule has 0 radical (unpaired) electrons. The Morgan fingerprint density at radius 1 is 1.08 bits per heavy atom. The average molecular weight is 349 g/mol. The molecule has 3 aromatic rings. The number of thioether (sulfide) groups is 1. The molecule has 2 heterocycles. The maximum atomic E-state index is 5.68. The topological polar surface area (TPSA) is 108 Å². The number of hydrogen-bond acceptors (Lipinski definition) is 9. The van der Waals surface area contributed by atoms with Crippen molar-refractivity contribution in [1.82, 2.24) is 25.4 Å². The lowest BCUT2D eigenvalue weighted by molar-refractivity contribution is 0.324. The second kappa shape index (κ2) is 7.21. The fraction of sp³-hybridized carbons (Fsp3) is 0.286. The highest BCUT2D eigenvalue weighted by Gasteiger charge is 2.17. The maximum absolute atomic E-state index is 5.68. The summed E-state index contributed by atoms with van der Waals surface area (Å²) in [5.41, 5.74) is 0.674. The lowest BCUT2D eigenvalue weighted by Gasteiger charge is -2.12. The van der Waals surface area contributed by atoms with Gasteiger partial charge in [-0.15, -0.1) is 10.2 Å². The van der Waals surface area contributed by atoms with Crippen molar-refractivity contribution in [2.75, 3.05) is 21.3 Å². The summed E-state index contributed by atoms with van der Waals surface area (Å²) in [5.74, 6) is 2.85. The molecule has 0 fully saturated rings. The van der Waals surface area contributed by atoms with E-state index >= 15 is 0 Å². The Morgan fingerprint density at radius 3 is 2.42 bits per heavy atom. The van der Waals surface area contributed by atoms with Crippen LogP contribution in [0.3, 0.4) is 0 Å². The molecule has 10 heteroatoms. The number of aromatic amines is 1. The fourth-order valence-electron chi connectivity index (χ4n) is 2.03. The summed E-state index contributed by atoms with van der Waals surface area (Å²) in [7, 11) is 4.65. The van der Waals surface area contributed by atoms with Gasteiger partial charge < -0.3 is 18.6 Å². The van der Waals surface area contributed by atoms with Crippen molar-refractivity contribution in [3.63, 3.8) is 0 Å². The Balaban J connectivity index is 1.84. The lowest BCUT2D eigenvalue weighted by Crippen LogP contribution is -1.95. The van der Waals surface area contributed by atoms with E-state index in [0.29, 0.717) is 45.5 Å². The van der Waals surface area contributed by atoms with E-state index in [1.807, 2.05) is 0 Å². The van der Waals surface area contributed by atoms with Gasteiger partial charge in [0.1, 0.15) is 6.33 Å². The molecule has 0 saturated carbocycles. The van der Waals surface area contributed by atoms with E-state index in [4.69, 9.17) is 18.6 Å². The molecule has 24 heavy (non-hydrogen) atoms. The normalized spacial score (nSPS) is 10.6. The van der Waals surface area contributed by atoms with Crippen LogP contribution in [-0.2, 0) is 5.75 Å². The lowest BCUT2D eigenvalue weighted by atomic mass is 10.2. The summed E-state index contributed by atoms with van der Waals surface area (Å²) < 4.78 is 21.6. The third kappa shape index (κ3) is 3.27. The van der Waals surface area contributed by atoms with Crippen LogP contribution < -0.4 is 14.2 Å². The third-order valence-electron chi connectivity index (χ3n) is 3.10. The minimum atomic E-state index is 0.363. The largest absolute Gasteiger partial charge is 0.493 e.